The van der Waals surface area contributed by atoms with Crippen molar-refractivity contribution in [2.75, 3.05) is 5.32 Å². The molecule has 0 bridgehead atoms. The largest absolute Gasteiger partial charge is 0.351 e. The molecule has 0 aliphatic heterocycles. The van der Waals surface area contributed by atoms with Crippen LogP contribution in [-0.4, -0.2) is 15.3 Å². The molecule has 1 heterocycles. The first-order chi connectivity index (χ1) is 12.8. The van der Waals surface area contributed by atoms with Gasteiger partial charge in [-0.15, -0.1) is 0 Å². The minimum absolute atomic E-state index is 0.320. The van der Waals surface area contributed by atoms with Gasteiger partial charge < -0.3 is 15.2 Å². The quantitative estimate of drug-likeness (QED) is 0.583. The Morgan fingerprint density at radius 1 is 1.22 bits per heavy atom. The lowest BCUT2D eigenvalue weighted by Crippen LogP contribution is -2.31. The lowest BCUT2D eigenvalue weighted by atomic mass is 10.1. The monoisotopic (exact) mass is 404 g/mol. The van der Waals surface area contributed by atoms with Gasteiger partial charge in [0.2, 0.25) is 11.7 Å². The normalized spacial score (nSPS) is 11.9. The molecule has 3 aromatic rings. The summed E-state index contributed by atoms with van der Waals surface area (Å²) in [5.74, 6) is 0.430. The van der Waals surface area contributed by atoms with Gasteiger partial charge in [-0.05, 0) is 74.4 Å². The molecule has 1 aromatic heterocycles. The summed E-state index contributed by atoms with van der Waals surface area (Å²) < 4.78 is 18.3. The van der Waals surface area contributed by atoms with E-state index in [9.17, 15) is 4.39 Å². The molecule has 1 atom stereocenters. The highest BCUT2D eigenvalue weighted by Gasteiger charge is 2.17. The van der Waals surface area contributed by atoms with Gasteiger partial charge in [-0.3, -0.25) is 0 Å². The zero-order valence-electron chi connectivity index (χ0n) is 15.0. The van der Waals surface area contributed by atoms with E-state index in [1.165, 1.54) is 12.1 Å². The number of aromatic nitrogens is 2. The number of hydrogen-bond donors (Lipinski definition) is 2. The molecule has 2 N–H and O–H groups in total. The minimum atomic E-state index is -0.323. The topological polar surface area (TPSA) is 63.0 Å². The summed E-state index contributed by atoms with van der Waals surface area (Å²) in [5.41, 5.74) is 3.49. The molecule has 0 aliphatic carbocycles. The third kappa shape index (κ3) is 4.61. The fourth-order valence-corrected chi connectivity index (χ4v) is 3.26. The number of thiocarbonyl (C=S) groups is 1. The first-order valence-electron chi connectivity index (χ1n) is 8.27. The second-order valence-electron chi connectivity index (χ2n) is 6.22. The van der Waals surface area contributed by atoms with E-state index in [-0.39, 0.29) is 11.9 Å². The van der Waals surface area contributed by atoms with Crippen LogP contribution in [-0.2, 0) is 0 Å². The molecule has 5 nitrogen and oxygen atoms in total. The minimum Gasteiger partial charge on any atom is -0.351 e. The van der Waals surface area contributed by atoms with Crippen LogP contribution in [0.4, 0.5) is 10.1 Å². The second kappa shape index (κ2) is 8.02. The Morgan fingerprint density at radius 3 is 2.59 bits per heavy atom. The number of nitrogens with zero attached hydrogens (tertiary/aromatic N) is 2. The highest BCUT2D eigenvalue weighted by molar-refractivity contribution is 7.80. The van der Waals surface area contributed by atoms with Gasteiger partial charge in [0.25, 0.3) is 0 Å². The fourth-order valence-electron chi connectivity index (χ4n) is 2.61. The number of halogens is 2. The van der Waals surface area contributed by atoms with E-state index in [2.05, 4.69) is 20.8 Å². The van der Waals surface area contributed by atoms with Crippen LogP contribution in [0.15, 0.2) is 40.9 Å². The van der Waals surface area contributed by atoms with Gasteiger partial charge in [0, 0.05) is 5.56 Å². The summed E-state index contributed by atoms with van der Waals surface area (Å²) in [5, 5.41) is 11.1. The molecule has 2 aromatic carbocycles. The Bertz CT molecular complexity index is 951. The van der Waals surface area contributed by atoms with E-state index in [0.29, 0.717) is 27.4 Å². The summed E-state index contributed by atoms with van der Waals surface area (Å²) in [6.07, 6.45) is 0. The van der Waals surface area contributed by atoms with Crippen LogP contribution in [0.1, 0.15) is 30.0 Å². The van der Waals surface area contributed by atoms with E-state index in [0.717, 1.165) is 16.8 Å². The number of aryl methyl sites for hydroxylation is 2. The predicted octanol–water partition coefficient (Wildman–Crippen LogP) is 5.19. The van der Waals surface area contributed by atoms with Crippen LogP contribution >= 0.6 is 23.8 Å². The van der Waals surface area contributed by atoms with E-state index < -0.39 is 0 Å². The molecule has 0 unspecified atom stereocenters. The Labute approximate surface area is 166 Å². The Kier molecular flexibility index (Phi) is 5.72. The van der Waals surface area contributed by atoms with E-state index in [1.807, 2.05) is 32.9 Å². The molecule has 0 saturated carbocycles. The Morgan fingerprint density at radius 2 is 1.93 bits per heavy atom. The van der Waals surface area contributed by atoms with E-state index in [4.69, 9.17) is 28.3 Å². The molecular weight excluding hydrogens is 387 g/mol. The van der Waals surface area contributed by atoms with Crippen LogP contribution in [0.5, 0.6) is 0 Å². The fraction of sp³-hybridized carbons (Fsp3) is 0.211. The number of hydrogen-bond acceptors (Lipinski definition) is 4. The molecular formula is C19H18ClFN4OS. The van der Waals surface area contributed by atoms with E-state index in [1.54, 1.807) is 12.1 Å². The highest BCUT2D eigenvalue weighted by Crippen LogP contribution is 2.27. The Balaban J connectivity index is 1.68. The molecule has 0 spiro atoms. The zero-order valence-corrected chi connectivity index (χ0v) is 16.6. The second-order valence-corrected chi connectivity index (χ2v) is 7.04. The van der Waals surface area contributed by atoms with Crippen molar-refractivity contribution in [3.63, 3.8) is 0 Å². The summed E-state index contributed by atoms with van der Waals surface area (Å²) in [7, 11) is 0. The van der Waals surface area contributed by atoms with Crippen molar-refractivity contribution < 1.29 is 8.91 Å². The molecule has 0 radical (unpaired) electrons. The molecule has 0 fully saturated rings. The van der Waals surface area contributed by atoms with Gasteiger partial charge in [-0.2, -0.15) is 4.98 Å². The lowest BCUT2D eigenvalue weighted by molar-refractivity contribution is 0.354. The van der Waals surface area contributed by atoms with Crippen LogP contribution in [0.3, 0.4) is 0 Å². The van der Waals surface area contributed by atoms with Crippen molar-refractivity contribution in [2.24, 2.45) is 0 Å². The average molecular weight is 405 g/mol. The van der Waals surface area contributed by atoms with Gasteiger partial charge in [0.15, 0.2) is 5.11 Å². The lowest BCUT2D eigenvalue weighted by Gasteiger charge is -2.16. The van der Waals surface area contributed by atoms with E-state index >= 15 is 0 Å². The van der Waals surface area contributed by atoms with Crippen LogP contribution < -0.4 is 10.6 Å². The first-order valence-corrected chi connectivity index (χ1v) is 9.06. The average Bonchev–Trinajstić information content (AvgIpc) is 3.09. The maximum Gasteiger partial charge on any atom is 0.249 e. The number of rotatable bonds is 4. The summed E-state index contributed by atoms with van der Waals surface area (Å²) in [6.45, 7) is 5.79. The van der Waals surface area contributed by atoms with Gasteiger partial charge in [0.1, 0.15) is 11.9 Å². The molecule has 3 rings (SSSR count). The third-order valence-electron chi connectivity index (χ3n) is 3.93. The van der Waals surface area contributed by atoms with Crippen molar-refractivity contribution in [2.45, 2.75) is 26.8 Å². The first kappa shape index (κ1) is 19.3. The SMILES string of the molecule is Cc1cc(C)c(NC(=S)N[C@H](C)c2nc(-c3ccc(F)cc3)no2)c(Cl)c1. The summed E-state index contributed by atoms with van der Waals surface area (Å²) >= 11 is 11.7. The van der Waals surface area contributed by atoms with Crippen molar-refractivity contribution in [1.29, 1.82) is 0 Å². The maximum absolute atomic E-state index is 13.0. The number of nitrogens with one attached hydrogen (secondary N) is 2. The van der Waals surface area contributed by atoms with Gasteiger partial charge in [0.05, 0.1) is 10.7 Å². The van der Waals surface area contributed by atoms with Crippen LogP contribution in [0.25, 0.3) is 11.4 Å². The zero-order chi connectivity index (χ0) is 19.6. The molecule has 0 aliphatic rings. The molecule has 0 saturated heterocycles. The molecule has 140 valence electrons. The van der Waals surface area contributed by atoms with Crippen molar-refractivity contribution in [1.82, 2.24) is 15.5 Å². The summed E-state index contributed by atoms with van der Waals surface area (Å²) in [6, 6.07) is 9.45. The number of anilines is 1. The van der Waals surface area contributed by atoms with Gasteiger partial charge in [-0.1, -0.05) is 22.8 Å². The maximum atomic E-state index is 13.0. The Hall–Kier alpha value is -2.51. The van der Waals surface area contributed by atoms with Crippen molar-refractivity contribution >= 4 is 34.6 Å². The van der Waals surface area contributed by atoms with Crippen LogP contribution in [0, 0.1) is 19.7 Å². The van der Waals surface area contributed by atoms with Gasteiger partial charge >= 0.3 is 0 Å². The standard InChI is InChI=1S/C19H18ClFN4OS/c1-10-8-11(2)16(15(20)9-10)23-19(27)22-12(3)18-24-17(25-26-18)13-4-6-14(21)7-5-13/h4-9,12H,1-3H3,(H2,22,23,27)/t12-/m1/s1. The molecule has 27 heavy (non-hydrogen) atoms. The molecule has 8 heteroatoms. The number of benzene rings is 2. The van der Waals surface area contributed by atoms with Crippen molar-refractivity contribution in [3.05, 3.63) is 64.3 Å². The third-order valence-corrected chi connectivity index (χ3v) is 4.45. The molecule has 0 amide bonds. The van der Waals surface area contributed by atoms with Gasteiger partial charge in [-0.25, -0.2) is 4.39 Å². The van der Waals surface area contributed by atoms with Crippen molar-refractivity contribution in [3.8, 4) is 11.4 Å². The summed E-state index contributed by atoms with van der Waals surface area (Å²) in [4.78, 5) is 4.34. The highest BCUT2D eigenvalue weighted by atomic mass is 35.5. The smallest absolute Gasteiger partial charge is 0.249 e. The predicted molar refractivity (Wildman–Crippen MR) is 108 cm³/mol. The van der Waals surface area contributed by atoms with Crippen LogP contribution in [0.2, 0.25) is 5.02 Å².